The first-order valence-electron chi connectivity index (χ1n) is 13.0. The molecule has 1 aliphatic heterocycles. The molecule has 31 heavy (non-hydrogen) atoms. The third-order valence-electron chi connectivity index (χ3n) is 10.9. The SMILES string of the molecule is CC(C)C(C)/C=C/[C@@H](C)[C@H]1CC[C@H]2C3=C(CC[C@]12C)[C@@]1(C)CC[C@H](O)C[C@@]12O[C@H]2[C@H]3O. The minimum absolute atomic E-state index is 0.00307. The van der Waals surface area contributed by atoms with Gasteiger partial charge >= 0.3 is 0 Å². The van der Waals surface area contributed by atoms with Crippen molar-refractivity contribution in [3.8, 4) is 0 Å². The Morgan fingerprint density at radius 3 is 2.45 bits per heavy atom. The molecule has 0 radical (unpaired) electrons. The van der Waals surface area contributed by atoms with E-state index >= 15 is 0 Å². The van der Waals surface area contributed by atoms with Gasteiger partial charge in [0.15, 0.2) is 0 Å². The second-order valence-corrected chi connectivity index (χ2v) is 12.6. The lowest BCUT2D eigenvalue weighted by Crippen LogP contribution is -2.55. The summed E-state index contributed by atoms with van der Waals surface area (Å²) in [6.45, 7) is 14.3. The van der Waals surface area contributed by atoms with E-state index in [2.05, 4.69) is 53.7 Å². The van der Waals surface area contributed by atoms with E-state index in [9.17, 15) is 10.2 Å². The van der Waals surface area contributed by atoms with Gasteiger partial charge in [-0.25, -0.2) is 0 Å². The molecule has 0 aromatic rings. The second kappa shape index (κ2) is 7.18. The number of hydrogen-bond donors (Lipinski definition) is 2. The van der Waals surface area contributed by atoms with Crippen molar-refractivity contribution in [1.29, 1.82) is 0 Å². The summed E-state index contributed by atoms with van der Waals surface area (Å²) in [5.74, 6) is 3.05. The molecular formula is C28H44O3. The average molecular weight is 429 g/mol. The second-order valence-electron chi connectivity index (χ2n) is 12.6. The van der Waals surface area contributed by atoms with Crippen LogP contribution in [0.25, 0.3) is 0 Å². The molecule has 3 heteroatoms. The molecule has 1 heterocycles. The summed E-state index contributed by atoms with van der Waals surface area (Å²) in [7, 11) is 0. The number of aliphatic hydroxyl groups excluding tert-OH is 2. The standard InChI is InChI=1S/C28H44O3/c1-16(2)17(3)7-8-18(4)20-9-10-21-23-22(12-13-26(20,21)5)27(6)14-11-19(29)15-28(27)25(31-28)24(23)30/h7-8,16-21,24-25,29-30H,9-15H2,1-6H3/b8-7+/t17?,18-,19+,20-,21+,24+,25+,26-,27-,28+/m1/s1. The number of rotatable bonds is 4. The molecule has 4 aliphatic carbocycles. The Labute approximate surface area is 189 Å². The first-order chi connectivity index (χ1) is 14.5. The van der Waals surface area contributed by atoms with Crippen LogP contribution in [-0.2, 0) is 4.74 Å². The third kappa shape index (κ3) is 2.95. The summed E-state index contributed by atoms with van der Waals surface area (Å²) in [5, 5.41) is 21.9. The van der Waals surface area contributed by atoms with Crippen molar-refractivity contribution in [2.45, 2.75) is 110 Å². The third-order valence-corrected chi connectivity index (χ3v) is 10.9. The van der Waals surface area contributed by atoms with Crippen molar-refractivity contribution in [3.05, 3.63) is 23.3 Å². The van der Waals surface area contributed by atoms with Crippen LogP contribution in [0.3, 0.4) is 0 Å². The van der Waals surface area contributed by atoms with Gasteiger partial charge in [0.1, 0.15) is 17.8 Å². The highest BCUT2D eigenvalue weighted by molar-refractivity contribution is 5.45. The Kier molecular flexibility index (Phi) is 5.13. The summed E-state index contributed by atoms with van der Waals surface area (Å²) in [4.78, 5) is 0. The fraction of sp³-hybridized carbons (Fsp3) is 0.857. The Bertz CT molecular complexity index is 798. The highest BCUT2D eigenvalue weighted by atomic mass is 16.6. The predicted octanol–water partition coefficient (Wildman–Crippen LogP) is 5.66. The van der Waals surface area contributed by atoms with E-state index < -0.39 is 6.10 Å². The number of fused-ring (bicyclic) bond motifs is 3. The molecule has 3 fully saturated rings. The Morgan fingerprint density at radius 2 is 1.74 bits per heavy atom. The number of epoxide rings is 1. The zero-order valence-electron chi connectivity index (χ0n) is 20.5. The fourth-order valence-corrected chi connectivity index (χ4v) is 8.47. The van der Waals surface area contributed by atoms with E-state index in [1.807, 2.05) is 0 Å². The number of hydrogen-bond acceptors (Lipinski definition) is 3. The van der Waals surface area contributed by atoms with Crippen molar-refractivity contribution >= 4 is 0 Å². The van der Waals surface area contributed by atoms with Crippen molar-refractivity contribution in [1.82, 2.24) is 0 Å². The van der Waals surface area contributed by atoms with Crippen molar-refractivity contribution in [2.24, 2.45) is 40.4 Å². The van der Waals surface area contributed by atoms with Crippen LogP contribution in [0.4, 0.5) is 0 Å². The topological polar surface area (TPSA) is 53.0 Å². The average Bonchev–Trinajstić information content (AvgIpc) is 3.34. The monoisotopic (exact) mass is 428 g/mol. The zero-order chi connectivity index (χ0) is 22.3. The Balaban J connectivity index is 1.45. The van der Waals surface area contributed by atoms with Gasteiger partial charge in [0.2, 0.25) is 0 Å². The molecule has 0 bridgehead atoms. The first-order valence-corrected chi connectivity index (χ1v) is 13.0. The molecule has 1 saturated heterocycles. The lowest BCUT2D eigenvalue weighted by atomic mass is 9.50. The molecule has 1 spiro atoms. The molecule has 0 aromatic heterocycles. The maximum Gasteiger partial charge on any atom is 0.118 e. The van der Waals surface area contributed by atoms with Crippen LogP contribution in [0.1, 0.15) is 86.5 Å². The molecule has 2 N–H and O–H groups in total. The maximum atomic E-state index is 11.5. The summed E-state index contributed by atoms with van der Waals surface area (Å²) >= 11 is 0. The quantitative estimate of drug-likeness (QED) is 0.449. The van der Waals surface area contributed by atoms with Gasteiger partial charge < -0.3 is 14.9 Å². The molecule has 10 atom stereocenters. The molecule has 0 aromatic carbocycles. The van der Waals surface area contributed by atoms with E-state index in [0.29, 0.717) is 36.0 Å². The molecule has 5 aliphatic rings. The highest BCUT2D eigenvalue weighted by Crippen LogP contribution is 2.72. The van der Waals surface area contributed by atoms with Gasteiger partial charge in [-0.3, -0.25) is 0 Å². The maximum absolute atomic E-state index is 11.5. The van der Waals surface area contributed by atoms with Gasteiger partial charge in [-0.2, -0.15) is 0 Å². The first kappa shape index (κ1) is 22.2. The van der Waals surface area contributed by atoms with Crippen LogP contribution in [-0.4, -0.2) is 34.1 Å². The summed E-state index contributed by atoms with van der Waals surface area (Å²) in [6.07, 6.45) is 11.4. The van der Waals surface area contributed by atoms with Gasteiger partial charge in [-0.1, -0.05) is 59.3 Å². The van der Waals surface area contributed by atoms with Crippen LogP contribution < -0.4 is 0 Å². The zero-order valence-corrected chi connectivity index (χ0v) is 20.5. The van der Waals surface area contributed by atoms with Crippen LogP contribution in [0.5, 0.6) is 0 Å². The number of aliphatic hydroxyl groups is 2. The van der Waals surface area contributed by atoms with Crippen LogP contribution in [0.2, 0.25) is 0 Å². The van der Waals surface area contributed by atoms with E-state index in [-0.39, 0.29) is 28.6 Å². The van der Waals surface area contributed by atoms with Crippen molar-refractivity contribution in [2.75, 3.05) is 0 Å². The van der Waals surface area contributed by atoms with Gasteiger partial charge in [-0.15, -0.1) is 0 Å². The Morgan fingerprint density at radius 1 is 1.00 bits per heavy atom. The fourth-order valence-electron chi connectivity index (χ4n) is 8.47. The smallest absolute Gasteiger partial charge is 0.118 e. The summed E-state index contributed by atoms with van der Waals surface area (Å²) in [5.41, 5.74) is 2.84. The van der Waals surface area contributed by atoms with E-state index in [4.69, 9.17) is 4.74 Å². The summed E-state index contributed by atoms with van der Waals surface area (Å²) in [6, 6.07) is 0. The molecule has 174 valence electrons. The van der Waals surface area contributed by atoms with Crippen molar-refractivity contribution in [3.63, 3.8) is 0 Å². The van der Waals surface area contributed by atoms with Gasteiger partial charge in [-0.05, 0) is 79.1 Å². The van der Waals surface area contributed by atoms with Crippen molar-refractivity contribution < 1.29 is 14.9 Å². The van der Waals surface area contributed by atoms with Crippen LogP contribution in [0, 0.1) is 40.4 Å². The molecule has 5 rings (SSSR count). The van der Waals surface area contributed by atoms with Gasteiger partial charge in [0, 0.05) is 11.8 Å². The highest BCUT2D eigenvalue weighted by Gasteiger charge is 2.76. The molecular weight excluding hydrogens is 384 g/mol. The summed E-state index contributed by atoms with van der Waals surface area (Å²) < 4.78 is 6.33. The number of allylic oxidation sites excluding steroid dienone is 2. The molecule has 0 amide bonds. The number of ether oxygens (including phenoxy) is 1. The molecule has 1 unspecified atom stereocenters. The largest absolute Gasteiger partial charge is 0.393 e. The normalized spacial score (nSPS) is 50.7. The minimum Gasteiger partial charge on any atom is -0.393 e. The van der Waals surface area contributed by atoms with E-state index in [1.54, 1.807) is 0 Å². The Hall–Kier alpha value is -0.640. The van der Waals surface area contributed by atoms with Gasteiger partial charge in [0.05, 0.1) is 6.10 Å². The minimum atomic E-state index is -0.469. The van der Waals surface area contributed by atoms with E-state index in [0.717, 1.165) is 19.3 Å². The lowest BCUT2D eigenvalue weighted by Gasteiger charge is -2.54. The molecule has 3 nitrogen and oxygen atoms in total. The van der Waals surface area contributed by atoms with E-state index in [1.165, 1.54) is 30.4 Å². The van der Waals surface area contributed by atoms with Crippen LogP contribution in [0.15, 0.2) is 23.3 Å². The molecule has 2 saturated carbocycles. The predicted molar refractivity (Wildman–Crippen MR) is 124 cm³/mol. The lowest BCUT2D eigenvalue weighted by molar-refractivity contribution is -0.000636. The van der Waals surface area contributed by atoms with Gasteiger partial charge in [0.25, 0.3) is 0 Å². The van der Waals surface area contributed by atoms with Crippen LogP contribution >= 0.6 is 0 Å².